The van der Waals surface area contributed by atoms with Gasteiger partial charge in [0.05, 0.1) is 11.4 Å². The highest BCUT2D eigenvalue weighted by Gasteiger charge is 2.30. The van der Waals surface area contributed by atoms with E-state index in [-0.39, 0.29) is 0 Å². The summed E-state index contributed by atoms with van der Waals surface area (Å²) < 4.78 is 0. The van der Waals surface area contributed by atoms with E-state index in [9.17, 15) is 0 Å². The van der Waals surface area contributed by atoms with Crippen LogP contribution in [0.5, 0.6) is 0 Å². The molecule has 0 aliphatic carbocycles. The van der Waals surface area contributed by atoms with Crippen molar-refractivity contribution in [2.45, 2.75) is 46.6 Å². The van der Waals surface area contributed by atoms with Crippen LogP contribution in [0.25, 0.3) is 0 Å². The molecule has 1 unspecified atom stereocenters. The third-order valence-electron chi connectivity index (χ3n) is 3.59. The Morgan fingerprint density at radius 2 is 1.88 bits per heavy atom. The first-order valence-electron chi connectivity index (χ1n) is 6.28. The highest BCUT2D eigenvalue weighted by Crippen LogP contribution is 2.32. The quantitative estimate of drug-likeness (QED) is 0.809. The van der Waals surface area contributed by atoms with Crippen LogP contribution in [0, 0.1) is 19.8 Å². The molecule has 1 fully saturated rings. The zero-order valence-electron chi connectivity index (χ0n) is 11.0. The summed E-state index contributed by atoms with van der Waals surface area (Å²) in [5.41, 5.74) is 1.89. The minimum Gasteiger partial charge on any atom is -0.351 e. The van der Waals surface area contributed by atoms with E-state index >= 15 is 0 Å². The van der Waals surface area contributed by atoms with Crippen molar-refractivity contribution in [2.75, 3.05) is 11.4 Å². The van der Waals surface area contributed by atoms with Gasteiger partial charge >= 0.3 is 0 Å². The average Bonchev–Trinajstić information content (AvgIpc) is 2.72. The second kappa shape index (κ2) is 4.81. The van der Waals surface area contributed by atoms with E-state index in [0.717, 1.165) is 23.8 Å². The molecule has 2 rings (SSSR count). The molecule has 0 saturated carbocycles. The van der Waals surface area contributed by atoms with E-state index in [1.807, 2.05) is 13.8 Å². The molecule has 0 radical (unpaired) electrons. The molecule has 1 aliphatic heterocycles. The minimum absolute atomic E-state index is 0.542. The van der Waals surface area contributed by atoms with Crippen LogP contribution in [-0.2, 0) is 0 Å². The Morgan fingerprint density at radius 1 is 1.24 bits per heavy atom. The molecule has 1 aliphatic rings. The Hall–Kier alpha value is -0.830. The van der Waals surface area contributed by atoms with E-state index in [0.29, 0.717) is 17.1 Å². The van der Waals surface area contributed by atoms with Gasteiger partial charge in [0.2, 0.25) is 0 Å². The molecule has 1 saturated heterocycles. The fraction of sp³-hybridized carbons (Fsp3) is 0.692. The van der Waals surface area contributed by atoms with Gasteiger partial charge in [-0.2, -0.15) is 0 Å². The lowest BCUT2D eigenvalue weighted by molar-refractivity contribution is 0.489. The van der Waals surface area contributed by atoms with Gasteiger partial charge in [-0.3, -0.25) is 0 Å². The van der Waals surface area contributed by atoms with Crippen molar-refractivity contribution in [3.05, 3.63) is 16.5 Å². The SMILES string of the molecule is Cc1nc(Cl)c(N2CCCC2C(C)C)nc1C. The van der Waals surface area contributed by atoms with Gasteiger partial charge in [-0.05, 0) is 32.6 Å². The van der Waals surface area contributed by atoms with Crippen LogP contribution in [-0.4, -0.2) is 22.6 Å². The molecule has 3 nitrogen and oxygen atoms in total. The average molecular weight is 254 g/mol. The monoisotopic (exact) mass is 253 g/mol. The molecule has 17 heavy (non-hydrogen) atoms. The summed E-state index contributed by atoms with van der Waals surface area (Å²) in [6.45, 7) is 9.49. The first kappa shape index (κ1) is 12.6. The second-order valence-corrected chi connectivity index (χ2v) is 5.51. The van der Waals surface area contributed by atoms with E-state index in [1.54, 1.807) is 0 Å². The van der Waals surface area contributed by atoms with E-state index in [2.05, 4.69) is 28.7 Å². The van der Waals surface area contributed by atoms with Crippen LogP contribution >= 0.6 is 11.6 Å². The van der Waals surface area contributed by atoms with Crippen molar-refractivity contribution in [3.63, 3.8) is 0 Å². The molecule has 0 aromatic carbocycles. The molecule has 0 spiro atoms. The Balaban J connectivity index is 2.36. The number of halogens is 1. The number of hydrogen-bond donors (Lipinski definition) is 0. The summed E-state index contributed by atoms with van der Waals surface area (Å²) in [7, 11) is 0. The van der Waals surface area contributed by atoms with Crippen LogP contribution in [0.3, 0.4) is 0 Å². The molecule has 0 N–H and O–H groups in total. The molecular weight excluding hydrogens is 234 g/mol. The lowest BCUT2D eigenvalue weighted by Gasteiger charge is -2.29. The molecule has 0 bridgehead atoms. The molecule has 1 aromatic heterocycles. The van der Waals surface area contributed by atoms with Gasteiger partial charge in [0.15, 0.2) is 11.0 Å². The minimum atomic E-state index is 0.542. The molecule has 1 aromatic rings. The molecular formula is C13H20ClN3. The number of hydrogen-bond acceptors (Lipinski definition) is 3. The standard InChI is InChI=1S/C13H20ClN3/c1-8(2)11-6-5-7-17(11)13-12(14)15-9(3)10(4)16-13/h8,11H,5-7H2,1-4H3. The Morgan fingerprint density at radius 3 is 2.53 bits per heavy atom. The van der Waals surface area contributed by atoms with Gasteiger partial charge < -0.3 is 4.90 Å². The molecule has 0 amide bonds. The number of anilines is 1. The Bertz CT molecular complexity index is 417. The van der Waals surface area contributed by atoms with Crippen LogP contribution in [0.4, 0.5) is 5.82 Å². The summed E-state index contributed by atoms with van der Waals surface area (Å²) in [6.07, 6.45) is 2.44. The third-order valence-corrected chi connectivity index (χ3v) is 3.84. The second-order valence-electron chi connectivity index (χ2n) is 5.16. The summed E-state index contributed by atoms with van der Waals surface area (Å²) >= 11 is 6.24. The molecule has 4 heteroatoms. The van der Waals surface area contributed by atoms with Crippen molar-refractivity contribution < 1.29 is 0 Å². The van der Waals surface area contributed by atoms with Gasteiger partial charge in [-0.15, -0.1) is 0 Å². The van der Waals surface area contributed by atoms with Crippen molar-refractivity contribution in [1.29, 1.82) is 0 Å². The largest absolute Gasteiger partial charge is 0.351 e. The summed E-state index contributed by atoms with van der Waals surface area (Å²) in [6, 6.07) is 0.545. The van der Waals surface area contributed by atoms with Gasteiger partial charge in [0.1, 0.15) is 0 Å². The van der Waals surface area contributed by atoms with E-state index in [1.165, 1.54) is 12.8 Å². The lowest BCUT2D eigenvalue weighted by atomic mass is 10.0. The Kier molecular flexibility index (Phi) is 3.57. The van der Waals surface area contributed by atoms with Gasteiger partial charge in [0.25, 0.3) is 0 Å². The van der Waals surface area contributed by atoms with Gasteiger partial charge in [-0.25, -0.2) is 9.97 Å². The smallest absolute Gasteiger partial charge is 0.171 e. The predicted octanol–water partition coefficient (Wildman–Crippen LogP) is 3.37. The third kappa shape index (κ3) is 2.39. The molecule has 2 heterocycles. The van der Waals surface area contributed by atoms with E-state index < -0.39 is 0 Å². The Labute approximate surface area is 108 Å². The zero-order valence-corrected chi connectivity index (χ0v) is 11.8. The van der Waals surface area contributed by atoms with Crippen LogP contribution < -0.4 is 4.90 Å². The first-order chi connectivity index (χ1) is 8.00. The summed E-state index contributed by atoms with van der Waals surface area (Å²) in [5.74, 6) is 1.49. The number of nitrogens with zero attached hydrogens (tertiary/aromatic N) is 3. The van der Waals surface area contributed by atoms with Crippen molar-refractivity contribution in [3.8, 4) is 0 Å². The zero-order chi connectivity index (χ0) is 12.6. The lowest BCUT2D eigenvalue weighted by Crippen LogP contribution is -2.34. The maximum Gasteiger partial charge on any atom is 0.171 e. The highest BCUT2D eigenvalue weighted by atomic mass is 35.5. The van der Waals surface area contributed by atoms with E-state index in [4.69, 9.17) is 11.6 Å². The number of aryl methyl sites for hydroxylation is 2. The fourth-order valence-electron chi connectivity index (χ4n) is 2.50. The maximum atomic E-state index is 6.24. The van der Waals surface area contributed by atoms with Crippen molar-refractivity contribution in [2.24, 2.45) is 5.92 Å². The summed E-state index contributed by atoms with van der Waals surface area (Å²) in [5, 5.41) is 0.542. The molecule has 1 atom stereocenters. The fourth-order valence-corrected chi connectivity index (χ4v) is 2.77. The number of aromatic nitrogens is 2. The van der Waals surface area contributed by atoms with Gasteiger partial charge in [-0.1, -0.05) is 25.4 Å². The van der Waals surface area contributed by atoms with Gasteiger partial charge in [0, 0.05) is 12.6 Å². The van der Waals surface area contributed by atoms with Crippen molar-refractivity contribution in [1.82, 2.24) is 9.97 Å². The van der Waals surface area contributed by atoms with Crippen molar-refractivity contribution >= 4 is 17.4 Å². The van der Waals surface area contributed by atoms with Crippen LogP contribution in [0.1, 0.15) is 38.1 Å². The predicted molar refractivity (Wildman–Crippen MR) is 71.7 cm³/mol. The van der Waals surface area contributed by atoms with Crippen LogP contribution in [0.15, 0.2) is 0 Å². The summed E-state index contributed by atoms with van der Waals surface area (Å²) in [4.78, 5) is 11.3. The maximum absolute atomic E-state index is 6.24. The molecule has 94 valence electrons. The topological polar surface area (TPSA) is 29.0 Å². The highest BCUT2D eigenvalue weighted by molar-refractivity contribution is 6.31. The normalized spacial score (nSPS) is 20.4. The van der Waals surface area contributed by atoms with Crippen LogP contribution in [0.2, 0.25) is 5.15 Å². The number of rotatable bonds is 2. The first-order valence-corrected chi connectivity index (χ1v) is 6.66.